The summed E-state index contributed by atoms with van der Waals surface area (Å²) in [5.41, 5.74) is 0.524. The average Bonchev–Trinajstić information content (AvgIpc) is 2.52. The molecule has 2 heterocycles. The van der Waals surface area contributed by atoms with E-state index in [2.05, 4.69) is 27.9 Å². The van der Waals surface area contributed by atoms with Crippen molar-refractivity contribution >= 4 is 11.8 Å². The molecule has 0 unspecified atom stereocenters. The first-order chi connectivity index (χ1) is 10.2. The number of carbonyl (C=O) groups is 2. The van der Waals surface area contributed by atoms with E-state index in [1.807, 2.05) is 0 Å². The molecule has 3 N–H and O–H groups in total. The molecule has 0 saturated carbocycles. The predicted molar refractivity (Wildman–Crippen MR) is 79.8 cm³/mol. The molecule has 6 nitrogen and oxygen atoms in total. The number of pyridine rings is 1. The van der Waals surface area contributed by atoms with Crippen LogP contribution >= 0.6 is 0 Å². The van der Waals surface area contributed by atoms with E-state index in [0.717, 1.165) is 19.4 Å². The van der Waals surface area contributed by atoms with Gasteiger partial charge in [-0.2, -0.15) is 0 Å². The number of amides is 2. The minimum Gasteiger partial charge on any atom is -0.354 e. The third-order valence-corrected chi connectivity index (χ3v) is 3.63. The van der Waals surface area contributed by atoms with Gasteiger partial charge < -0.3 is 16.0 Å². The van der Waals surface area contributed by atoms with Gasteiger partial charge in [0.25, 0.3) is 5.91 Å². The quantitative estimate of drug-likeness (QED) is 0.682. The van der Waals surface area contributed by atoms with Crippen LogP contribution in [0.4, 0.5) is 0 Å². The van der Waals surface area contributed by atoms with Gasteiger partial charge in [0, 0.05) is 37.4 Å². The summed E-state index contributed by atoms with van der Waals surface area (Å²) >= 11 is 0. The first-order valence-electron chi connectivity index (χ1n) is 7.36. The minimum atomic E-state index is -0.173. The lowest BCUT2D eigenvalue weighted by Gasteiger charge is -2.27. The number of hydrogen-bond acceptors (Lipinski definition) is 4. The SMILES string of the molecule is C[C@H]1C[C@@H](C(=O)NCCNC(=O)c2cccnc2)CCN1. The molecule has 1 fully saturated rings. The van der Waals surface area contributed by atoms with Crippen molar-refractivity contribution < 1.29 is 9.59 Å². The van der Waals surface area contributed by atoms with Crippen LogP contribution in [0.15, 0.2) is 24.5 Å². The van der Waals surface area contributed by atoms with Gasteiger partial charge >= 0.3 is 0 Å². The Morgan fingerprint density at radius 2 is 2.19 bits per heavy atom. The highest BCUT2D eigenvalue weighted by molar-refractivity contribution is 5.93. The number of nitrogens with zero attached hydrogens (tertiary/aromatic N) is 1. The Kier molecular flexibility index (Phi) is 5.68. The highest BCUT2D eigenvalue weighted by Gasteiger charge is 2.24. The molecule has 2 atom stereocenters. The highest BCUT2D eigenvalue weighted by atomic mass is 16.2. The fourth-order valence-corrected chi connectivity index (χ4v) is 2.48. The number of rotatable bonds is 5. The molecular weight excluding hydrogens is 268 g/mol. The van der Waals surface area contributed by atoms with Crippen LogP contribution in [0.1, 0.15) is 30.1 Å². The maximum absolute atomic E-state index is 12.0. The second-order valence-corrected chi connectivity index (χ2v) is 5.37. The first kappa shape index (κ1) is 15.4. The summed E-state index contributed by atoms with van der Waals surface area (Å²) in [5, 5.41) is 8.97. The van der Waals surface area contributed by atoms with Gasteiger partial charge in [-0.1, -0.05) is 0 Å². The Morgan fingerprint density at radius 1 is 1.38 bits per heavy atom. The molecule has 0 aromatic carbocycles. The summed E-state index contributed by atoms with van der Waals surface area (Å²) in [6.07, 6.45) is 4.88. The van der Waals surface area contributed by atoms with Gasteiger partial charge in [0.1, 0.15) is 0 Å². The fourth-order valence-electron chi connectivity index (χ4n) is 2.48. The van der Waals surface area contributed by atoms with E-state index in [0.29, 0.717) is 24.7 Å². The number of piperidine rings is 1. The summed E-state index contributed by atoms with van der Waals surface area (Å²) in [5.74, 6) is -0.0120. The lowest BCUT2D eigenvalue weighted by molar-refractivity contribution is -0.126. The van der Waals surface area contributed by atoms with E-state index in [4.69, 9.17) is 0 Å². The molecule has 114 valence electrons. The summed E-state index contributed by atoms with van der Waals surface area (Å²) in [6.45, 7) is 3.84. The zero-order valence-electron chi connectivity index (χ0n) is 12.3. The molecule has 21 heavy (non-hydrogen) atoms. The van der Waals surface area contributed by atoms with E-state index < -0.39 is 0 Å². The lowest BCUT2D eigenvalue weighted by Crippen LogP contribution is -2.44. The van der Waals surface area contributed by atoms with Crippen molar-refractivity contribution in [3.05, 3.63) is 30.1 Å². The molecule has 1 aromatic rings. The van der Waals surface area contributed by atoms with E-state index in [-0.39, 0.29) is 17.7 Å². The second kappa shape index (κ2) is 7.73. The van der Waals surface area contributed by atoms with Gasteiger partial charge in [-0.25, -0.2) is 0 Å². The molecule has 0 bridgehead atoms. The van der Waals surface area contributed by atoms with E-state index >= 15 is 0 Å². The van der Waals surface area contributed by atoms with Gasteiger partial charge in [0.05, 0.1) is 5.56 Å². The Labute approximate surface area is 124 Å². The van der Waals surface area contributed by atoms with Gasteiger partial charge in [0.2, 0.25) is 5.91 Å². The molecule has 1 aliphatic heterocycles. The largest absolute Gasteiger partial charge is 0.354 e. The summed E-state index contributed by atoms with van der Waals surface area (Å²) in [4.78, 5) is 27.7. The lowest BCUT2D eigenvalue weighted by atomic mass is 9.92. The number of hydrogen-bond donors (Lipinski definition) is 3. The molecule has 6 heteroatoms. The van der Waals surface area contributed by atoms with Crippen molar-refractivity contribution in [2.75, 3.05) is 19.6 Å². The number of carbonyl (C=O) groups excluding carboxylic acids is 2. The average molecular weight is 290 g/mol. The molecule has 2 amide bonds. The summed E-state index contributed by atoms with van der Waals surface area (Å²) in [6, 6.07) is 3.81. The molecule has 0 aliphatic carbocycles. The van der Waals surface area contributed by atoms with Crippen LogP contribution in [0.25, 0.3) is 0 Å². The van der Waals surface area contributed by atoms with E-state index in [9.17, 15) is 9.59 Å². The Bertz CT molecular complexity index is 478. The Balaban J connectivity index is 1.65. The smallest absolute Gasteiger partial charge is 0.252 e. The summed E-state index contributed by atoms with van der Waals surface area (Å²) in [7, 11) is 0. The van der Waals surface area contributed by atoms with E-state index in [1.54, 1.807) is 18.3 Å². The molecular formula is C15H22N4O2. The van der Waals surface area contributed by atoms with Crippen LogP contribution < -0.4 is 16.0 Å². The van der Waals surface area contributed by atoms with Crippen LogP contribution in [0, 0.1) is 5.92 Å². The van der Waals surface area contributed by atoms with E-state index in [1.165, 1.54) is 6.20 Å². The van der Waals surface area contributed by atoms with Gasteiger partial charge in [-0.05, 0) is 38.4 Å². The Hall–Kier alpha value is -1.95. The number of aromatic nitrogens is 1. The zero-order chi connectivity index (χ0) is 15.1. The topological polar surface area (TPSA) is 83.1 Å². The maximum Gasteiger partial charge on any atom is 0.252 e. The van der Waals surface area contributed by atoms with Crippen LogP contribution in [0.5, 0.6) is 0 Å². The predicted octanol–water partition coefficient (Wildman–Crippen LogP) is 0.316. The van der Waals surface area contributed by atoms with Gasteiger partial charge in [-0.3, -0.25) is 14.6 Å². The van der Waals surface area contributed by atoms with Gasteiger partial charge in [-0.15, -0.1) is 0 Å². The number of nitrogens with one attached hydrogen (secondary N) is 3. The minimum absolute atomic E-state index is 0.0790. The van der Waals surface area contributed by atoms with Gasteiger partial charge in [0.15, 0.2) is 0 Å². The molecule has 0 radical (unpaired) electrons. The van der Waals surface area contributed by atoms with Crippen molar-refractivity contribution in [2.45, 2.75) is 25.8 Å². The molecule has 1 aromatic heterocycles. The van der Waals surface area contributed by atoms with Crippen molar-refractivity contribution in [3.63, 3.8) is 0 Å². The third-order valence-electron chi connectivity index (χ3n) is 3.63. The van der Waals surface area contributed by atoms with Crippen LogP contribution in [-0.4, -0.2) is 42.5 Å². The van der Waals surface area contributed by atoms with Crippen molar-refractivity contribution in [1.82, 2.24) is 20.9 Å². The molecule has 0 spiro atoms. The highest BCUT2D eigenvalue weighted by Crippen LogP contribution is 2.15. The summed E-state index contributed by atoms with van der Waals surface area (Å²) < 4.78 is 0. The molecule has 1 aliphatic rings. The van der Waals surface area contributed by atoms with Crippen molar-refractivity contribution in [2.24, 2.45) is 5.92 Å². The fraction of sp³-hybridized carbons (Fsp3) is 0.533. The first-order valence-corrected chi connectivity index (χ1v) is 7.36. The zero-order valence-corrected chi connectivity index (χ0v) is 12.3. The third kappa shape index (κ3) is 4.82. The molecule has 1 saturated heterocycles. The van der Waals surface area contributed by atoms with Crippen molar-refractivity contribution in [3.8, 4) is 0 Å². The standard InChI is InChI=1S/C15H22N4O2/c1-11-9-12(4-6-17-11)14(20)18-7-8-19-15(21)13-3-2-5-16-10-13/h2-3,5,10-12,17H,4,6-9H2,1H3,(H,18,20)(H,19,21)/t11-,12-/m0/s1. The normalized spacial score (nSPS) is 21.6. The Morgan fingerprint density at radius 3 is 2.90 bits per heavy atom. The second-order valence-electron chi connectivity index (χ2n) is 5.37. The van der Waals surface area contributed by atoms with Crippen LogP contribution in [0.2, 0.25) is 0 Å². The monoisotopic (exact) mass is 290 g/mol. The van der Waals surface area contributed by atoms with Crippen LogP contribution in [0.3, 0.4) is 0 Å². The molecule has 2 rings (SSSR count). The maximum atomic E-state index is 12.0. The van der Waals surface area contributed by atoms with Crippen LogP contribution in [-0.2, 0) is 4.79 Å². The van der Waals surface area contributed by atoms with Crippen molar-refractivity contribution in [1.29, 1.82) is 0 Å².